The van der Waals surface area contributed by atoms with Crippen LogP contribution in [0.4, 0.5) is 0 Å². The molecule has 0 unspecified atom stereocenters. The summed E-state index contributed by atoms with van der Waals surface area (Å²) in [5, 5.41) is 0.660. The molecule has 0 bridgehead atoms. The minimum absolute atomic E-state index is 0.244. The number of esters is 1. The summed E-state index contributed by atoms with van der Waals surface area (Å²) < 4.78 is 10.1. The molecule has 0 aliphatic carbocycles. The zero-order valence-corrected chi connectivity index (χ0v) is 9.29. The summed E-state index contributed by atoms with van der Waals surface area (Å²) in [7, 11) is 0. The molecule has 0 atom stereocenters. The van der Waals surface area contributed by atoms with E-state index in [0.717, 1.165) is 0 Å². The van der Waals surface area contributed by atoms with Crippen LogP contribution in [0, 0.1) is 0 Å². The molecule has 0 saturated heterocycles. The molecule has 0 saturated carbocycles. The van der Waals surface area contributed by atoms with Gasteiger partial charge in [0.2, 0.25) is 0 Å². The van der Waals surface area contributed by atoms with Crippen molar-refractivity contribution in [3.05, 3.63) is 29.3 Å². The number of ether oxygens (including phenoxy) is 2. The summed E-state index contributed by atoms with van der Waals surface area (Å²) in [6, 6.07) is 6.99. The molecule has 1 aromatic rings. The minimum Gasteiger partial charge on any atom is -0.493 e. The van der Waals surface area contributed by atoms with Crippen molar-refractivity contribution in [2.45, 2.75) is 13.3 Å². The zero-order valence-electron chi connectivity index (χ0n) is 8.53. The van der Waals surface area contributed by atoms with Crippen molar-refractivity contribution in [3.8, 4) is 5.75 Å². The summed E-state index contributed by atoms with van der Waals surface area (Å²) in [5.74, 6) is 0.454. The summed E-state index contributed by atoms with van der Waals surface area (Å²) >= 11 is 5.71. The number of halogens is 1. The molecule has 0 spiro atoms. The minimum atomic E-state index is -0.244. The summed E-state index contributed by atoms with van der Waals surface area (Å²) in [6.07, 6.45) is 0.260. The Morgan fingerprint density at radius 1 is 1.33 bits per heavy atom. The van der Waals surface area contributed by atoms with Gasteiger partial charge in [0, 0.05) is 5.02 Å². The topological polar surface area (TPSA) is 35.5 Å². The van der Waals surface area contributed by atoms with Gasteiger partial charge in [-0.1, -0.05) is 11.6 Å². The molecule has 0 fully saturated rings. The summed E-state index contributed by atoms with van der Waals surface area (Å²) in [6.45, 7) is 2.50. The smallest absolute Gasteiger partial charge is 0.309 e. The van der Waals surface area contributed by atoms with Crippen LogP contribution in [0.5, 0.6) is 5.75 Å². The van der Waals surface area contributed by atoms with Crippen molar-refractivity contribution in [2.75, 3.05) is 13.2 Å². The van der Waals surface area contributed by atoms with Crippen LogP contribution in [0.2, 0.25) is 5.02 Å². The maximum Gasteiger partial charge on any atom is 0.309 e. The highest BCUT2D eigenvalue weighted by Gasteiger charge is 2.01. The first-order valence-corrected chi connectivity index (χ1v) is 5.14. The Morgan fingerprint density at radius 2 is 2.00 bits per heavy atom. The van der Waals surface area contributed by atoms with E-state index in [4.69, 9.17) is 21.1 Å². The maximum absolute atomic E-state index is 11.0. The van der Waals surface area contributed by atoms with E-state index in [1.54, 1.807) is 31.2 Å². The predicted octanol–water partition coefficient (Wildman–Crippen LogP) is 2.67. The van der Waals surface area contributed by atoms with Crippen LogP contribution in [0.3, 0.4) is 0 Å². The van der Waals surface area contributed by atoms with Crippen molar-refractivity contribution >= 4 is 17.6 Å². The molecule has 0 amide bonds. The van der Waals surface area contributed by atoms with E-state index >= 15 is 0 Å². The van der Waals surface area contributed by atoms with E-state index < -0.39 is 0 Å². The SMILES string of the molecule is CCOC(=O)CCOc1ccc(Cl)cc1. The Bertz CT molecular complexity index is 308. The zero-order chi connectivity index (χ0) is 11.1. The second kappa shape index (κ2) is 6.30. The van der Waals surface area contributed by atoms with E-state index in [9.17, 15) is 4.79 Å². The Hall–Kier alpha value is -1.22. The van der Waals surface area contributed by atoms with E-state index in [2.05, 4.69) is 0 Å². The van der Waals surface area contributed by atoms with Gasteiger partial charge in [0.1, 0.15) is 5.75 Å². The Kier molecular flexibility index (Phi) is 4.98. The van der Waals surface area contributed by atoms with Crippen molar-refractivity contribution in [2.24, 2.45) is 0 Å². The highest BCUT2D eigenvalue weighted by molar-refractivity contribution is 6.30. The second-order valence-corrected chi connectivity index (χ2v) is 3.29. The van der Waals surface area contributed by atoms with Gasteiger partial charge in [-0.15, -0.1) is 0 Å². The molecule has 0 aliphatic heterocycles. The standard InChI is InChI=1S/C11H13ClO3/c1-2-14-11(13)7-8-15-10-5-3-9(12)4-6-10/h3-6H,2,7-8H2,1H3. The van der Waals surface area contributed by atoms with Crippen molar-refractivity contribution in [1.29, 1.82) is 0 Å². The third kappa shape index (κ3) is 4.70. The molecule has 0 aliphatic rings. The molecule has 4 heteroatoms. The van der Waals surface area contributed by atoms with Crippen molar-refractivity contribution in [1.82, 2.24) is 0 Å². The number of hydrogen-bond donors (Lipinski definition) is 0. The van der Waals surface area contributed by atoms with Crippen molar-refractivity contribution in [3.63, 3.8) is 0 Å². The quantitative estimate of drug-likeness (QED) is 0.727. The van der Waals surface area contributed by atoms with Crippen LogP contribution < -0.4 is 4.74 Å². The monoisotopic (exact) mass is 228 g/mol. The maximum atomic E-state index is 11.0. The van der Waals surface area contributed by atoms with Crippen LogP contribution in [0.1, 0.15) is 13.3 Å². The molecule has 0 heterocycles. The third-order valence-corrected chi connectivity index (χ3v) is 1.95. The average molecular weight is 229 g/mol. The Labute approximate surface area is 93.9 Å². The van der Waals surface area contributed by atoms with Crippen molar-refractivity contribution < 1.29 is 14.3 Å². The van der Waals surface area contributed by atoms with Crippen LogP contribution >= 0.6 is 11.6 Å². The van der Waals surface area contributed by atoms with Crippen LogP contribution in [0.15, 0.2) is 24.3 Å². The van der Waals surface area contributed by atoms with Crippen LogP contribution in [-0.2, 0) is 9.53 Å². The second-order valence-electron chi connectivity index (χ2n) is 2.86. The molecule has 82 valence electrons. The summed E-state index contributed by atoms with van der Waals surface area (Å²) in [5.41, 5.74) is 0. The van der Waals surface area contributed by atoms with Gasteiger partial charge >= 0.3 is 5.97 Å². The fourth-order valence-corrected chi connectivity index (χ4v) is 1.14. The largest absolute Gasteiger partial charge is 0.493 e. The molecule has 1 rings (SSSR count). The van der Waals surface area contributed by atoms with Gasteiger partial charge in [-0.3, -0.25) is 4.79 Å². The van der Waals surface area contributed by atoms with Crippen LogP contribution in [0.25, 0.3) is 0 Å². The number of benzene rings is 1. The highest BCUT2D eigenvalue weighted by atomic mass is 35.5. The fraction of sp³-hybridized carbons (Fsp3) is 0.364. The van der Waals surface area contributed by atoms with Gasteiger partial charge in [0.05, 0.1) is 19.6 Å². The molecule has 0 N–H and O–H groups in total. The fourth-order valence-electron chi connectivity index (χ4n) is 1.02. The molecule has 3 nitrogen and oxygen atoms in total. The van der Waals surface area contributed by atoms with E-state index in [1.165, 1.54) is 0 Å². The third-order valence-electron chi connectivity index (χ3n) is 1.69. The van der Waals surface area contributed by atoms with Crippen LogP contribution in [-0.4, -0.2) is 19.2 Å². The van der Waals surface area contributed by atoms with Gasteiger partial charge in [0.25, 0.3) is 0 Å². The predicted molar refractivity (Wildman–Crippen MR) is 58.2 cm³/mol. The number of hydrogen-bond acceptors (Lipinski definition) is 3. The highest BCUT2D eigenvalue weighted by Crippen LogP contribution is 2.15. The molecule has 0 aromatic heterocycles. The Morgan fingerprint density at radius 3 is 2.60 bits per heavy atom. The first-order valence-electron chi connectivity index (χ1n) is 4.76. The number of carbonyl (C=O) groups excluding carboxylic acids is 1. The van der Waals surface area contributed by atoms with Gasteiger partial charge in [-0.2, -0.15) is 0 Å². The molecular weight excluding hydrogens is 216 g/mol. The summed E-state index contributed by atoms with van der Waals surface area (Å²) in [4.78, 5) is 11.0. The number of carbonyl (C=O) groups is 1. The van der Waals surface area contributed by atoms with E-state index in [1.807, 2.05) is 0 Å². The first-order chi connectivity index (χ1) is 7.22. The average Bonchev–Trinajstić information content (AvgIpc) is 2.21. The lowest BCUT2D eigenvalue weighted by Gasteiger charge is -2.05. The first kappa shape index (κ1) is 11.9. The molecule has 0 radical (unpaired) electrons. The van der Waals surface area contributed by atoms with Gasteiger partial charge in [-0.25, -0.2) is 0 Å². The Balaban J connectivity index is 2.26. The lowest BCUT2D eigenvalue weighted by Crippen LogP contribution is -2.09. The molecule has 15 heavy (non-hydrogen) atoms. The number of rotatable bonds is 5. The normalized spacial score (nSPS) is 9.73. The van der Waals surface area contributed by atoms with Gasteiger partial charge in [0.15, 0.2) is 0 Å². The van der Waals surface area contributed by atoms with Gasteiger partial charge in [-0.05, 0) is 31.2 Å². The lowest BCUT2D eigenvalue weighted by molar-refractivity contribution is -0.143. The lowest BCUT2D eigenvalue weighted by atomic mass is 10.3. The van der Waals surface area contributed by atoms with Gasteiger partial charge < -0.3 is 9.47 Å². The van der Waals surface area contributed by atoms with E-state index in [-0.39, 0.29) is 12.4 Å². The molecular formula is C11H13ClO3. The van der Waals surface area contributed by atoms with E-state index in [0.29, 0.717) is 24.0 Å². The molecule has 1 aromatic carbocycles.